The largest absolute Gasteiger partial charge is 0.478 e. The molecule has 0 aliphatic heterocycles. The van der Waals surface area contributed by atoms with Crippen LogP contribution in [0.3, 0.4) is 0 Å². The molecule has 3 heteroatoms. The highest BCUT2D eigenvalue weighted by molar-refractivity contribution is 6.17. The van der Waals surface area contributed by atoms with Crippen molar-refractivity contribution < 1.29 is 14.7 Å². The van der Waals surface area contributed by atoms with E-state index in [4.69, 9.17) is 0 Å². The van der Waals surface area contributed by atoms with Crippen LogP contribution in [0.2, 0.25) is 0 Å². The minimum absolute atomic E-state index is 0.0594. The maximum Gasteiger partial charge on any atom is 0.339 e. The number of fused-ring (bicyclic) bond motifs is 5. The number of rotatable bonds is 1. The van der Waals surface area contributed by atoms with Crippen LogP contribution in [-0.2, 0) is 9.59 Å². The predicted molar refractivity (Wildman–Crippen MR) is 87.8 cm³/mol. The molecule has 126 valence electrons. The number of carbonyl (C=O) groups excluding carboxylic acids is 1. The third kappa shape index (κ3) is 2.08. The SMILES string of the molecule is C[C@@]12CCC[C@H]1[C@@H]1CCC3CC(=O)C(C(=O)O)=C[C@]3(C)[C@@H]1CC2. The molecule has 0 aromatic carbocycles. The lowest BCUT2D eigenvalue weighted by atomic mass is 9.46. The maximum atomic E-state index is 12.2. The molecule has 3 nitrogen and oxygen atoms in total. The van der Waals surface area contributed by atoms with Crippen molar-refractivity contribution in [2.75, 3.05) is 0 Å². The van der Waals surface area contributed by atoms with Gasteiger partial charge in [-0.3, -0.25) is 4.79 Å². The number of Topliss-reactive ketones (excluding diaryl/α,β-unsaturated/α-hetero) is 1. The maximum absolute atomic E-state index is 12.2. The average Bonchev–Trinajstić information content (AvgIpc) is 2.89. The van der Waals surface area contributed by atoms with Crippen molar-refractivity contribution in [2.24, 2.45) is 34.5 Å². The zero-order chi connectivity index (χ0) is 16.4. The van der Waals surface area contributed by atoms with Crippen LogP contribution in [-0.4, -0.2) is 16.9 Å². The monoisotopic (exact) mass is 316 g/mol. The van der Waals surface area contributed by atoms with Crippen LogP contribution in [0, 0.1) is 34.5 Å². The van der Waals surface area contributed by atoms with Gasteiger partial charge >= 0.3 is 5.97 Å². The summed E-state index contributed by atoms with van der Waals surface area (Å²) in [6, 6.07) is 0. The van der Waals surface area contributed by atoms with Crippen LogP contribution in [0.15, 0.2) is 11.6 Å². The number of hydrogen-bond acceptors (Lipinski definition) is 2. The van der Waals surface area contributed by atoms with E-state index in [0.717, 1.165) is 18.3 Å². The molecule has 4 aliphatic rings. The van der Waals surface area contributed by atoms with E-state index in [1.165, 1.54) is 38.5 Å². The van der Waals surface area contributed by atoms with Crippen molar-refractivity contribution >= 4 is 11.8 Å². The second-order valence-corrected chi connectivity index (χ2v) is 9.09. The highest BCUT2D eigenvalue weighted by Gasteiger charge is 2.57. The first kappa shape index (κ1) is 15.4. The summed E-state index contributed by atoms with van der Waals surface area (Å²) < 4.78 is 0. The van der Waals surface area contributed by atoms with Crippen LogP contribution in [0.1, 0.15) is 65.2 Å². The van der Waals surface area contributed by atoms with Gasteiger partial charge in [-0.1, -0.05) is 26.3 Å². The average molecular weight is 316 g/mol. The summed E-state index contributed by atoms with van der Waals surface area (Å²) in [5.41, 5.74) is 0.493. The number of hydrogen-bond donors (Lipinski definition) is 1. The quantitative estimate of drug-likeness (QED) is 0.737. The van der Waals surface area contributed by atoms with E-state index in [0.29, 0.717) is 23.7 Å². The Labute approximate surface area is 138 Å². The lowest BCUT2D eigenvalue weighted by molar-refractivity contribution is -0.137. The molecule has 0 aromatic heterocycles. The number of allylic oxidation sites excluding steroid dienone is 1. The first-order chi connectivity index (χ1) is 10.8. The van der Waals surface area contributed by atoms with Crippen molar-refractivity contribution in [3.8, 4) is 0 Å². The highest BCUT2D eigenvalue weighted by Crippen LogP contribution is 2.65. The van der Waals surface area contributed by atoms with Crippen LogP contribution in [0.25, 0.3) is 0 Å². The molecule has 0 aromatic rings. The summed E-state index contributed by atoms with van der Waals surface area (Å²) in [4.78, 5) is 23.7. The van der Waals surface area contributed by atoms with Gasteiger partial charge < -0.3 is 5.11 Å². The molecule has 3 fully saturated rings. The first-order valence-corrected chi connectivity index (χ1v) is 9.34. The summed E-state index contributed by atoms with van der Waals surface area (Å²) >= 11 is 0. The minimum atomic E-state index is -1.03. The van der Waals surface area contributed by atoms with Gasteiger partial charge in [-0.05, 0) is 73.0 Å². The fourth-order valence-electron chi connectivity index (χ4n) is 6.92. The lowest BCUT2D eigenvalue weighted by Crippen LogP contribution is -2.52. The van der Waals surface area contributed by atoms with Gasteiger partial charge in [0.2, 0.25) is 0 Å². The fraction of sp³-hybridized carbons (Fsp3) is 0.800. The van der Waals surface area contributed by atoms with E-state index in [1.807, 2.05) is 6.08 Å². The second kappa shape index (κ2) is 4.94. The van der Waals surface area contributed by atoms with Crippen molar-refractivity contribution in [1.82, 2.24) is 0 Å². The Kier molecular flexibility index (Phi) is 3.31. The van der Waals surface area contributed by atoms with Gasteiger partial charge in [0, 0.05) is 6.42 Å². The topological polar surface area (TPSA) is 54.4 Å². The molecule has 1 unspecified atom stereocenters. The standard InChI is InChI=1S/C20H28O3/c1-19-8-3-4-15(19)13-6-5-12-10-17(21)14(18(22)23)11-20(12,2)16(13)7-9-19/h11-13,15-16H,3-10H2,1-2H3,(H,22,23)/t12?,13-,15-,16+,19-,20-/m0/s1. The zero-order valence-corrected chi connectivity index (χ0v) is 14.3. The Morgan fingerprint density at radius 2 is 1.91 bits per heavy atom. The molecule has 4 rings (SSSR count). The molecule has 6 atom stereocenters. The summed E-state index contributed by atoms with van der Waals surface area (Å²) in [6.45, 7) is 4.74. The minimum Gasteiger partial charge on any atom is -0.478 e. The molecule has 0 saturated heterocycles. The molecule has 0 spiro atoms. The van der Waals surface area contributed by atoms with Gasteiger partial charge in [-0.2, -0.15) is 0 Å². The van der Waals surface area contributed by atoms with Crippen LogP contribution in [0.4, 0.5) is 0 Å². The smallest absolute Gasteiger partial charge is 0.339 e. The number of carbonyl (C=O) groups is 2. The van der Waals surface area contributed by atoms with Crippen molar-refractivity contribution in [3.63, 3.8) is 0 Å². The second-order valence-electron chi connectivity index (χ2n) is 9.09. The predicted octanol–water partition coefficient (Wildman–Crippen LogP) is 4.22. The lowest BCUT2D eigenvalue weighted by Gasteiger charge is -2.58. The van der Waals surface area contributed by atoms with E-state index < -0.39 is 5.97 Å². The fourth-order valence-corrected chi connectivity index (χ4v) is 6.92. The summed E-state index contributed by atoms with van der Waals surface area (Å²) in [7, 11) is 0. The van der Waals surface area contributed by atoms with Gasteiger partial charge in [0.15, 0.2) is 5.78 Å². The van der Waals surface area contributed by atoms with Crippen LogP contribution >= 0.6 is 0 Å². The first-order valence-electron chi connectivity index (χ1n) is 9.34. The summed E-state index contributed by atoms with van der Waals surface area (Å²) in [5, 5.41) is 9.41. The molecule has 1 N–H and O–H groups in total. The zero-order valence-electron chi connectivity index (χ0n) is 14.3. The summed E-state index contributed by atoms with van der Waals surface area (Å²) in [6.07, 6.45) is 11.2. The number of aliphatic carboxylic acids is 1. The number of carboxylic acid groups (broad SMARTS) is 1. The van der Waals surface area contributed by atoms with Crippen molar-refractivity contribution in [3.05, 3.63) is 11.6 Å². The molecule has 4 aliphatic carbocycles. The van der Waals surface area contributed by atoms with Gasteiger partial charge in [0.25, 0.3) is 0 Å². The molecule has 3 saturated carbocycles. The third-order valence-corrected chi connectivity index (χ3v) is 8.16. The van der Waals surface area contributed by atoms with E-state index >= 15 is 0 Å². The van der Waals surface area contributed by atoms with Gasteiger partial charge in [-0.15, -0.1) is 0 Å². The third-order valence-electron chi connectivity index (χ3n) is 8.16. The molecule has 0 amide bonds. The molecular formula is C20H28O3. The van der Waals surface area contributed by atoms with Gasteiger partial charge in [0.05, 0.1) is 5.57 Å². The molecule has 0 radical (unpaired) electrons. The Morgan fingerprint density at radius 3 is 2.65 bits per heavy atom. The van der Waals surface area contributed by atoms with E-state index in [9.17, 15) is 14.7 Å². The van der Waals surface area contributed by atoms with E-state index in [2.05, 4.69) is 13.8 Å². The van der Waals surface area contributed by atoms with Crippen molar-refractivity contribution in [2.45, 2.75) is 65.2 Å². The normalized spacial score (nSPS) is 49.0. The van der Waals surface area contributed by atoms with E-state index in [1.54, 1.807) is 0 Å². The van der Waals surface area contributed by atoms with E-state index in [-0.39, 0.29) is 16.8 Å². The number of carboxylic acids is 1. The van der Waals surface area contributed by atoms with Gasteiger partial charge in [-0.25, -0.2) is 4.79 Å². The van der Waals surface area contributed by atoms with Crippen molar-refractivity contribution in [1.29, 1.82) is 0 Å². The van der Waals surface area contributed by atoms with Gasteiger partial charge in [0.1, 0.15) is 0 Å². The number of ketones is 1. The Hall–Kier alpha value is -1.12. The van der Waals surface area contributed by atoms with Crippen LogP contribution in [0.5, 0.6) is 0 Å². The molecular weight excluding hydrogens is 288 g/mol. The Morgan fingerprint density at radius 1 is 1.13 bits per heavy atom. The Bertz CT molecular complexity index is 592. The van der Waals surface area contributed by atoms with Crippen LogP contribution < -0.4 is 0 Å². The highest BCUT2D eigenvalue weighted by atomic mass is 16.4. The molecule has 0 bridgehead atoms. The molecule has 23 heavy (non-hydrogen) atoms. The Balaban J connectivity index is 1.73. The summed E-state index contributed by atoms with van der Waals surface area (Å²) in [5.74, 6) is 1.29. The molecule has 0 heterocycles.